The van der Waals surface area contributed by atoms with Gasteiger partial charge in [0.25, 0.3) is 0 Å². The molecule has 0 bridgehead atoms. The number of carbonyl (C=O) groups excluding carboxylic acids is 1. The second-order valence-corrected chi connectivity index (χ2v) is 6.51. The lowest BCUT2D eigenvalue weighted by Gasteiger charge is -2.23. The van der Waals surface area contributed by atoms with E-state index in [1.54, 1.807) is 0 Å². The van der Waals surface area contributed by atoms with Gasteiger partial charge in [-0.1, -0.05) is 45.0 Å². The van der Waals surface area contributed by atoms with Crippen LogP contribution in [0.1, 0.15) is 63.0 Å². The number of carboxylic acid groups (broad SMARTS) is 1. The molecule has 1 aliphatic rings. The van der Waals surface area contributed by atoms with Gasteiger partial charge in [-0.15, -0.1) is 0 Å². The Morgan fingerprint density at radius 3 is 2.32 bits per heavy atom. The fourth-order valence-corrected chi connectivity index (χ4v) is 3.03. The van der Waals surface area contributed by atoms with Gasteiger partial charge in [-0.3, -0.25) is 4.79 Å². The smallest absolute Gasteiger partial charge is 0.326 e. The number of aliphatic carboxylic acids is 1. The Hall–Kier alpha value is -1.84. The molecule has 120 valence electrons. The quantitative estimate of drug-likeness (QED) is 0.907. The van der Waals surface area contributed by atoms with Gasteiger partial charge in [0.1, 0.15) is 6.04 Å². The molecule has 2 atom stereocenters. The largest absolute Gasteiger partial charge is 0.480 e. The number of likely N-dealkylation sites (tertiary alicyclic amines) is 1. The Bertz CT molecular complexity index is 536. The number of hydrogen-bond donors (Lipinski definition) is 1. The molecule has 0 spiro atoms. The molecule has 0 aliphatic carbocycles. The second kappa shape index (κ2) is 6.95. The first kappa shape index (κ1) is 16.5. The standard InChI is InChI=1S/C18H25NO3/c1-12(2)14-6-8-15(9-7-14)13(3)11-17(20)19-10-4-5-16(19)18(21)22/h6-9,12-13,16H,4-5,10-11H2,1-3H3,(H,21,22). The molecule has 0 saturated carbocycles. The van der Waals surface area contributed by atoms with Crippen molar-refractivity contribution in [1.29, 1.82) is 0 Å². The molecule has 1 saturated heterocycles. The van der Waals surface area contributed by atoms with E-state index in [-0.39, 0.29) is 11.8 Å². The van der Waals surface area contributed by atoms with Crippen LogP contribution in [0.15, 0.2) is 24.3 Å². The fraction of sp³-hybridized carbons (Fsp3) is 0.556. The molecule has 1 aromatic rings. The number of amides is 1. The number of hydrogen-bond acceptors (Lipinski definition) is 2. The Morgan fingerprint density at radius 1 is 1.18 bits per heavy atom. The summed E-state index contributed by atoms with van der Waals surface area (Å²) in [7, 11) is 0. The van der Waals surface area contributed by atoms with Crippen molar-refractivity contribution < 1.29 is 14.7 Å². The van der Waals surface area contributed by atoms with Gasteiger partial charge in [0.2, 0.25) is 5.91 Å². The van der Waals surface area contributed by atoms with Crippen molar-refractivity contribution in [2.24, 2.45) is 0 Å². The van der Waals surface area contributed by atoms with Crippen molar-refractivity contribution >= 4 is 11.9 Å². The third kappa shape index (κ3) is 3.67. The van der Waals surface area contributed by atoms with E-state index >= 15 is 0 Å². The highest BCUT2D eigenvalue weighted by molar-refractivity contribution is 5.84. The number of carbonyl (C=O) groups is 2. The minimum absolute atomic E-state index is 0.0506. The van der Waals surface area contributed by atoms with Crippen molar-refractivity contribution in [3.63, 3.8) is 0 Å². The monoisotopic (exact) mass is 303 g/mol. The van der Waals surface area contributed by atoms with Crippen LogP contribution in [0.2, 0.25) is 0 Å². The summed E-state index contributed by atoms with van der Waals surface area (Å²) in [5.74, 6) is -0.346. The average molecular weight is 303 g/mol. The molecule has 2 rings (SSSR count). The predicted molar refractivity (Wildman–Crippen MR) is 85.9 cm³/mol. The Balaban J connectivity index is 2.00. The van der Waals surface area contributed by atoms with Crippen molar-refractivity contribution in [2.75, 3.05) is 6.54 Å². The lowest BCUT2D eigenvalue weighted by atomic mass is 9.94. The van der Waals surface area contributed by atoms with Crippen molar-refractivity contribution in [3.8, 4) is 0 Å². The first-order valence-corrected chi connectivity index (χ1v) is 8.02. The summed E-state index contributed by atoms with van der Waals surface area (Å²) in [6.45, 7) is 6.89. The summed E-state index contributed by atoms with van der Waals surface area (Å²) < 4.78 is 0. The molecule has 1 amide bonds. The van der Waals surface area contributed by atoms with Gasteiger partial charge in [0, 0.05) is 13.0 Å². The summed E-state index contributed by atoms with van der Waals surface area (Å²) in [4.78, 5) is 25.1. The van der Waals surface area contributed by atoms with E-state index in [2.05, 4.69) is 38.1 Å². The lowest BCUT2D eigenvalue weighted by molar-refractivity contribution is -0.148. The van der Waals surface area contributed by atoms with Crippen LogP contribution in [0, 0.1) is 0 Å². The maximum absolute atomic E-state index is 12.4. The van der Waals surface area contributed by atoms with Crippen LogP contribution in [0.5, 0.6) is 0 Å². The number of carboxylic acids is 1. The zero-order chi connectivity index (χ0) is 16.3. The molecule has 22 heavy (non-hydrogen) atoms. The molecule has 1 aliphatic heterocycles. The highest BCUT2D eigenvalue weighted by atomic mass is 16.4. The third-order valence-corrected chi connectivity index (χ3v) is 4.51. The highest BCUT2D eigenvalue weighted by Crippen LogP contribution is 2.25. The van der Waals surface area contributed by atoms with Gasteiger partial charge in [-0.25, -0.2) is 4.79 Å². The molecule has 1 fully saturated rings. The van der Waals surface area contributed by atoms with Gasteiger partial charge in [0.05, 0.1) is 0 Å². The maximum Gasteiger partial charge on any atom is 0.326 e. The topological polar surface area (TPSA) is 57.6 Å². The Kier molecular flexibility index (Phi) is 5.22. The third-order valence-electron chi connectivity index (χ3n) is 4.51. The molecule has 2 unspecified atom stereocenters. The summed E-state index contributed by atoms with van der Waals surface area (Å²) in [6.07, 6.45) is 1.71. The Labute approximate surface area is 132 Å². The van der Waals surface area contributed by atoms with E-state index in [1.165, 1.54) is 10.5 Å². The summed E-state index contributed by atoms with van der Waals surface area (Å²) >= 11 is 0. The molecule has 0 radical (unpaired) electrons. The predicted octanol–water partition coefficient (Wildman–Crippen LogP) is 3.38. The summed E-state index contributed by atoms with van der Waals surface area (Å²) in [6, 6.07) is 7.73. The molecule has 1 aromatic carbocycles. The number of benzene rings is 1. The van der Waals surface area contributed by atoms with Crippen LogP contribution in [0.4, 0.5) is 0 Å². The molecule has 4 heteroatoms. The van der Waals surface area contributed by atoms with Crippen LogP contribution in [-0.4, -0.2) is 34.5 Å². The van der Waals surface area contributed by atoms with Crippen molar-refractivity contribution in [3.05, 3.63) is 35.4 Å². The molecule has 0 aromatic heterocycles. The SMILES string of the molecule is CC(C)c1ccc(C(C)CC(=O)N2CCCC2C(=O)O)cc1. The summed E-state index contributed by atoms with van der Waals surface area (Å²) in [5.41, 5.74) is 2.41. The lowest BCUT2D eigenvalue weighted by Crippen LogP contribution is -2.40. The molecule has 1 heterocycles. The highest BCUT2D eigenvalue weighted by Gasteiger charge is 2.34. The second-order valence-electron chi connectivity index (χ2n) is 6.51. The van der Waals surface area contributed by atoms with Crippen LogP contribution in [-0.2, 0) is 9.59 Å². The summed E-state index contributed by atoms with van der Waals surface area (Å²) in [5, 5.41) is 9.17. The van der Waals surface area contributed by atoms with Gasteiger partial charge < -0.3 is 10.0 Å². The maximum atomic E-state index is 12.4. The van der Waals surface area contributed by atoms with Gasteiger partial charge in [0.15, 0.2) is 0 Å². The molecular weight excluding hydrogens is 278 g/mol. The minimum atomic E-state index is -0.889. The van der Waals surface area contributed by atoms with Gasteiger partial charge in [-0.05, 0) is 35.8 Å². The number of nitrogens with zero attached hydrogens (tertiary/aromatic N) is 1. The van der Waals surface area contributed by atoms with Crippen LogP contribution < -0.4 is 0 Å². The van der Waals surface area contributed by atoms with Crippen LogP contribution in [0.3, 0.4) is 0 Å². The van der Waals surface area contributed by atoms with E-state index < -0.39 is 12.0 Å². The molecule has 1 N–H and O–H groups in total. The fourth-order valence-electron chi connectivity index (χ4n) is 3.03. The van der Waals surface area contributed by atoms with Crippen molar-refractivity contribution in [1.82, 2.24) is 4.90 Å². The minimum Gasteiger partial charge on any atom is -0.480 e. The normalized spacial score (nSPS) is 19.5. The first-order valence-electron chi connectivity index (χ1n) is 8.02. The zero-order valence-electron chi connectivity index (χ0n) is 13.6. The van der Waals surface area contributed by atoms with Crippen molar-refractivity contribution in [2.45, 2.75) is 57.9 Å². The Morgan fingerprint density at radius 2 is 1.77 bits per heavy atom. The van der Waals surface area contributed by atoms with E-state index in [0.29, 0.717) is 25.3 Å². The molecular formula is C18H25NO3. The average Bonchev–Trinajstić information content (AvgIpc) is 2.97. The number of rotatable bonds is 5. The van der Waals surface area contributed by atoms with Gasteiger partial charge >= 0.3 is 5.97 Å². The van der Waals surface area contributed by atoms with Gasteiger partial charge in [-0.2, -0.15) is 0 Å². The van der Waals surface area contributed by atoms with E-state index in [0.717, 1.165) is 12.0 Å². The van der Waals surface area contributed by atoms with Crippen LogP contribution >= 0.6 is 0 Å². The van der Waals surface area contributed by atoms with E-state index in [9.17, 15) is 14.7 Å². The van der Waals surface area contributed by atoms with Crippen LogP contribution in [0.25, 0.3) is 0 Å². The zero-order valence-corrected chi connectivity index (χ0v) is 13.6. The van der Waals surface area contributed by atoms with E-state index in [1.807, 2.05) is 6.92 Å². The molecule has 4 nitrogen and oxygen atoms in total. The van der Waals surface area contributed by atoms with E-state index in [4.69, 9.17) is 0 Å². The first-order chi connectivity index (χ1) is 10.4.